The summed E-state index contributed by atoms with van der Waals surface area (Å²) in [6, 6.07) is 16.5. The van der Waals surface area contributed by atoms with Crippen LogP contribution in [0.1, 0.15) is 11.1 Å². The van der Waals surface area contributed by atoms with Gasteiger partial charge < -0.3 is 4.72 Å². The molecule has 0 aliphatic heterocycles. The van der Waals surface area contributed by atoms with Crippen molar-refractivity contribution in [1.82, 2.24) is 9.36 Å². The molecular weight excluding hydrogens is 417 g/mol. The van der Waals surface area contributed by atoms with Crippen LogP contribution >= 0.6 is 23.5 Å². The molecule has 0 bridgehead atoms. The summed E-state index contributed by atoms with van der Waals surface area (Å²) in [6.45, 7) is 0. The van der Waals surface area contributed by atoms with E-state index in [4.69, 9.17) is 0 Å². The molecule has 29 heavy (non-hydrogen) atoms. The van der Waals surface area contributed by atoms with Gasteiger partial charge in [-0.3, -0.25) is 0 Å². The quantitative estimate of drug-likeness (QED) is 0.383. The molecule has 1 heterocycles. The van der Waals surface area contributed by atoms with Crippen molar-refractivity contribution in [2.45, 2.75) is 11.1 Å². The highest BCUT2D eigenvalue weighted by molar-refractivity contribution is 8.00. The summed E-state index contributed by atoms with van der Waals surface area (Å²) in [5.74, 6) is 0. The third-order valence-corrected chi connectivity index (χ3v) is 5.72. The second-order valence-corrected chi connectivity index (χ2v) is 7.67. The number of halogens is 3. The van der Waals surface area contributed by atoms with Gasteiger partial charge in [0.25, 0.3) is 0 Å². The molecule has 0 saturated carbocycles. The van der Waals surface area contributed by atoms with Crippen molar-refractivity contribution >= 4 is 39.4 Å². The Kier molecular flexibility index (Phi) is 5.13. The van der Waals surface area contributed by atoms with Gasteiger partial charge >= 0.3 is 6.18 Å². The first kappa shape index (κ1) is 19.2. The van der Waals surface area contributed by atoms with Gasteiger partial charge in [-0.25, -0.2) is 4.98 Å². The number of alkyl halides is 3. The van der Waals surface area contributed by atoms with Crippen molar-refractivity contribution in [2.75, 3.05) is 4.72 Å². The predicted octanol–water partition coefficient (Wildman–Crippen LogP) is 6.37. The zero-order valence-electron chi connectivity index (χ0n) is 14.6. The molecule has 144 valence electrons. The maximum absolute atomic E-state index is 13.0. The number of nitrogens with one attached hydrogen (secondary N) is 1. The summed E-state index contributed by atoms with van der Waals surface area (Å²) >= 11 is 2.64. The number of hydrogen-bond acceptors (Lipinski definition) is 6. The lowest BCUT2D eigenvalue weighted by Crippen LogP contribution is -2.05. The van der Waals surface area contributed by atoms with Gasteiger partial charge in [0.15, 0.2) is 0 Å². The van der Waals surface area contributed by atoms with Gasteiger partial charge in [0.2, 0.25) is 5.13 Å². The third kappa shape index (κ3) is 4.04. The molecule has 4 rings (SSSR count). The molecule has 0 amide bonds. The normalized spacial score (nSPS) is 11.4. The number of benzene rings is 3. The van der Waals surface area contributed by atoms with Crippen molar-refractivity contribution in [3.8, 4) is 17.2 Å². The SMILES string of the molecule is N#Cc1cc(C(F)(F)F)ccc1-c1cccc2cc(SNc3ncns3)ccc12. The van der Waals surface area contributed by atoms with Crippen molar-refractivity contribution in [3.63, 3.8) is 0 Å². The largest absolute Gasteiger partial charge is 0.416 e. The molecular formula is C20H11F3N4S2. The molecule has 0 aliphatic rings. The smallest absolute Gasteiger partial charge is 0.300 e. The molecule has 3 aromatic carbocycles. The van der Waals surface area contributed by atoms with E-state index in [1.165, 1.54) is 35.9 Å². The Bertz CT molecular complexity index is 1210. The zero-order valence-corrected chi connectivity index (χ0v) is 16.2. The number of rotatable bonds is 4. The maximum atomic E-state index is 13.0. The lowest BCUT2D eigenvalue weighted by molar-refractivity contribution is -0.137. The fraction of sp³-hybridized carbons (Fsp3) is 0.0500. The van der Waals surface area contributed by atoms with E-state index in [0.29, 0.717) is 16.3 Å². The Balaban J connectivity index is 1.72. The Morgan fingerprint density at radius 2 is 1.90 bits per heavy atom. The molecule has 0 unspecified atom stereocenters. The molecule has 0 spiro atoms. The van der Waals surface area contributed by atoms with Gasteiger partial charge in [0.1, 0.15) is 6.33 Å². The van der Waals surface area contributed by atoms with Crippen LogP contribution < -0.4 is 4.72 Å². The average molecular weight is 428 g/mol. The van der Waals surface area contributed by atoms with Gasteiger partial charge in [-0.05, 0) is 52.5 Å². The Morgan fingerprint density at radius 3 is 2.62 bits per heavy atom. The van der Waals surface area contributed by atoms with Crippen LogP contribution in [0.3, 0.4) is 0 Å². The van der Waals surface area contributed by atoms with Crippen LogP contribution in [0.15, 0.2) is 65.8 Å². The number of nitrogens with zero attached hydrogens (tertiary/aromatic N) is 3. The van der Waals surface area contributed by atoms with Gasteiger partial charge in [0.05, 0.1) is 17.2 Å². The van der Waals surface area contributed by atoms with Gasteiger partial charge in [0, 0.05) is 22.0 Å². The molecule has 0 aliphatic carbocycles. The number of anilines is 1. The summed E-state index contributed by atoms with van der Waals surface area (Å²) in [4.78, 5) is 5.00. The number of fused-ring (bicyclic) bond motifs is 1. The van der Waals surface area contributed by atoms with E-state index in [2.05, 4.69) is 14.1 Å². The highest BCUT2D eigenvalue weighted by atomic mass is 32.2. The third-order valence-electron chi connectivity index (χ3n) is 4.23. The fourth-order valence-corrected chi connectivity index (χ4v) is 4.07. The zero-order chi connectivity index (χ0) is 20.4. The second kappa shape index (κ2) is 7.73. The Morgan fingerprint density at radius 1 is 1.03 bits per heavy atom. The summed E-state index contributed by atoms with van der Waals surface area (Å²) in [5, 5.41) is 11.9. The summed E-state index contributed by atoms with van der Waals surface area (Å²) in [5.41, 5.74) is 0.336. The van der Waals surface area contributed by atoms with Crippen LogP contribution in [0.25, 0.3) is 21.9 Å². The highest BCUT2D eigenvalue weighted by Crippen LogP contribution is 2.36. The minimum absolute atomic E-state index is 0.0105. The lowest BCUT2D eigenvalue weighted by atomic mass is 9.94. The van der Waals surface area contributed by atoms with Crippen LogP contribution in [-0.2, 0) is 6.18 Å². The van der Waals surface area contributed by atoms with E-state index in [1.807, 2.05) is 36.4 Å². The maximum Gasteiger partial charge on any atom is 0.416 e. The minimum atomic E-state index is -4.49. The number of hydrogen-bond donors (Lipinski definition) is 1. The van der Waals surface area contributed by atoms with Gasteiger partial charge in [-0.15, -0.1) is 0 Å². The van der Waals surface area contributed by atoms with E-state index in [0.717, 1.165) is 27.8 Å². The van der Waals surface area contributed by atoms with Crippen molar-refractivity contribution < 1.29 is 13.2 Å². The molecule has 1 N–H and O–H groups in total. The summed E-state index contributed by atoms with van der Waals surface area (Å²) in [6.07, 6.45) is -3.02. The summed E-state index contributed by atoms with van der Waals surface area (Å²) < 4.78 is 46.0. The first-order chi connectivity index (χ1) is 14.0. The van der Waals surface area contributed by atoms with E-state index >= 15 is 0 Å². The van der Waals surface area contributed by atoms with Crippen LogP contribution in [-0.4, -0.2) is 9.36 Å². The monoisotopic (exact) mass is 428 g/mol. The Labute approximate surface area is 172 Å². The molecule has 0 fully saturated rings. The standard InChI is InChI=1S/C20H11F3N4S2/c21-20(22,23)14-4-6-17(13(8-14)10-24)18-3-1-2-12-9-15(5-7-16(12)18)28-27-19-25-11-26-29-19/h1-9,11H,(H,25,26,27). The van der Waals surface area contributed by atoms with Crippen molar-refractivity contribution in [3.05, 3.63) is 72.1 Å². The second-order valence-electron chi connectivity index (χ2n) is 6.01. The minimum Gasteiger partial charge on any atom is -0.300 e. The van der Waals surface area contributed by atoms with Crippen molar-refractivity contribution in [1.29, 1.82) is 5.26 Å². The number of aromatic nitrogens is 2. The predicted molar refractivity (Wildman–Crippen MR) is 108 cm³/mol. The molecule has 4 nitrogen and oxygen atoms in total. The molecule has 0 radical (unpaired) electrons. The van der Waals surface area contributed by atoms with Crippen LogP contribution in [0.4, 0.5) is 18.3 Å². The van der Waals surface area contributed by atoms with Gasteiger partial charge in [-0.2, -0.15) is 22.8 Å². The molecule has 0 saturated heterocycles. The number of nitriles is 1. The average Bonchev–Trinajstić information content (AvgIpc) is 3.24. The molecule has 4 aromatic rings. The van der Waals surface area contributed by atoms with E-state index < -0.39 is 11.7 Å². The van der Waals surface area contributed by atoms with Crippen LogP contribution in [0, 0.1) is 11.3 Å². The molecule has 9 heteroatoms. The Hall–Kier alpha value is -3.09. The van der Waals surface area contributed by atoms with E-state index in [-0.39, 0.29) is 5.56 Å². The summed E-state index contributed by atoms with van der Waals surface area (Å²) in [7, 11) is 0. The lowest BCUT2D eigenvalue weighted by Gasteiger charge is -2.12. The van der Waals surface area contributed by atoms with Crippen LogP contribution in [0.5, 0.6) is 0 Å². The van der Waals surface area contributed by atoms with Crippen molar-refractivity contribution in [2.24, 2.45) is 0 Å². The van der Waals surface area contributed by atoms with E-state index in [1.54, 1.807) is 6.07 Å². The first-order valence-electron chi connectivity index (χ1n) is 8.30. The molecule has 0 atom stereocenters. The fourth-order valence-electron chi connectivity index (χ4n) is 2.93. The molecule has 1 aromatic heterocycles. The van der Waals surface area contributed by atoms with Crippen LogP contribution in [0.2, 0.25) is 0 Å². The topological polar surface area (TPSA) is 61.6 Å². The highest BCUT2D eigenvalue weighted by Gasteiger charge is 2.31. The van der Waals surface area contributed by atoms with E-state index in [9.17, 15) is 18.4 Å². The van der Waals surface area contributed by atoms with Gasteiger partial charge in [-0.1, -0.05) is 30.3 Å². The first-order valence-corrected chi connectivity index (χ1v) is 9.89.